The Morgan fingerprint density at radius 3 is 2.27 bits per heavy atom. The number of nitrogens with one attached hydrogen (secondary N) is 1. The lowest BCUT2D eigenvalue weighted by atomic mass is 10.1. The van der Waals surface area contributed by atoms with E-state index in [0.29, 0.717) is 54.2 Å². The zero-order chi connectivity index (χ0) is 28.7. The second kappa shape index (κ2) is 13.6. The SMILES string of the molecule is COc1ccc(S(=O)(=O)N(Cc2cc(OC)c(OCCC3CCCN3C)c(OC)c2)[C@H]2CCCCNC2=O)cc1. The van der Waals surface area contributed by atoms with Gasteiger partial charge in [-0.3, -0.25) is 4.79 Å². The molecule has 2 aromatic rings. The highest BCUT2D eigenvalue weighted by Crippen LogP contribution is 2.40. The van der Waals surface area contributed by atoms with E-state index in [1.54, 1.807) is 38.5 Å². The maximum absolute atomic E-state index is 14.0. The van der Waals surface area contributed by atoms with Crippen LogP contribution in [0.1, 0.15) is 44.1 Å². The predicted molar refractivity (Wildman–Crippen MR) is 152 cm³/mol. The second-order valence-electron chi connectivity index (χ2n) is 10.3. The van der Waals surface area contributed by atoms with E-state index in [9.17, 15) is 13.2 Å². The van der Waals surface area contributed by atoms with Crippen molar-refractivity contribution in [2.75, 3.05) is 48.1 Å². The molecule has 11 heteroatoms. The first-order chi connectivity index (χ1) is 19.3. The van der Waals surface area contributed by atoms with E-state index in [4.69, 9.17) is 18.9 Å². The monoisotopic (exact) mass is 575 g/mol. The fourth-order valence-electron chi connectivity index (χ4n) is 5.43. The summed E-state index contributed by atoms with van der Waals surface area (Å²) in [4.78, 5) is 15.5. The number of nitrogens with zero attached hydrogens (tertiary/aromatic N) is 2. The Bertz CT molecular complexity index is 1230. The van der Waals surface area contributed by atoms with Gasteiger partial charge in [0.05, 0.1) is 32.8 Å². The average Bonchev–Trinajstić information content (AvgIpc) is 3.25. The number of likely N-dealkylation sites (tertiary alicyclic amines) is 1. The quantitative estimate of drug-likeness (QED) is 0.410. The van der Waals surface area contributed by atoms with E-state index in [-0.39, 0.29) is 17.3 Å². The van der Waals surface area contributed by atoms with Gasteiger partial charge in [0.1, 0.15) is 11.8 Å². The number of hydrogen-bond acceptors (Lipinski definition) is 8. The summed E-state index contributed by atoms with van der Waals surface area (Å²) in [6, 6.07) is 9.32. The summed E-state index contributed by atoms with van der Waals surface area (Å²) in [7, 11) is 2.69. The molecule has 1 unspecified atom stereocenters. The number of benzene rings is 2. The Morgan fingerprint density at radius 2 is 1.68 bits per heavy atom. The molecule has 2 heterocycles. The van der Waals surface area contributed by atoms with Crippen LogP contribution in [-0.2, 0) is 21.4 Å². The van der Waals surface area contributed by atoms with Gasteiger partial charge < -0.3 is 29.2 Å². The van der Waals surface area contributed by atoms with Crippen LogP contribution in [0.25, 0.3) is 0 Å². The molecule has 0 aromatic heterocycles. The van der Waals surface area contributed by atoms with E-state index >= 15 is 0 Å². The highest BCUT2D eigenvalue weighted by molar-refractivity contribution is 7.89. The smallest absolute Gasteiger partial charge is 0.244 e. The molecule has 0 spiro atoms. The summed E-state index contributed by atoms with van der Waals surface area (Å²) in [6.45, 7) is 2.07. The fourth-order valence-corrected chi connectivity index (χ4v) is 7.04. The molecule has 2 saturated heterocycles. The normalized spacial score (nSPS) is 20.2. The molecule has 10 nitrogen and oxygen atoms in total. The fraction of sp³-hybridized carbons (Fsp3) is 0.552. The van der Waals surface area contributed by atoms with Crippen molar-refractivity contribution in [3.8, 4) is 23.0 Å². The van der Waals surface area contributed by atoms with Gasteiger partial charge in [0.25, 0.3) is 0 Å². The van der Waals surface area contributed by atoms with Crippen molar-refractivity contribution in [1.82, 2.24) is 14.5 Å². The Labute approximate surface area is 237 Å². The maximum Gasteiger partial charge on any atom is 0.244 e. The van der Waals surface area contributed by atoms with E-state index in [2.05, 4.69) is 17.3 Å². The molecule has 1 amide bonds. The van der Waals surface area contributed by atoms with Gasteiger partial charge in [-0.1, -0.05) is 0 Å². The molecule has 1 N–H and O–H groups in total. The third-order valence-electron chi connectivity index (χ3n) is 7.75. The molecule has 0 saturated carbocycles. The van der Waals surface area contributed by atoms with Crippen LogP contribution < -0.4 is 24.3 Å². The molecule has 4 rings (SSSR count). The van der Waals surface area contributed by atoms with Gasteiger partial charge in [0.2, 0.25) is 21.7 Å². The Balaban J connectivity index is 1.64. The van der Waals surface area contributed by atoms with Crippen molar-refractivity contribution in [2.45, 2.75) is 62.0 Å². The summed E-state index contributed by atoms with van der Waals surface area (Å²) in [6.07, 6.45) is 5.18. The third-order valence-corrected chi connectivity index (χ3v) is 9.62. The van der Waals surface area contributed by atoms with E-state index in [0.717, 1.165) is 32.2 Å². The molecule has 220 valence electrons. The molecule has 0 aliphatic carbocycles. The van der Waals surface area contributed by atoms with Gasteiger partial charge in [-0.15, -0.1) is 0 Å². The van der Waals surface area contributed by atoms with Crippen LogP contribution >= 0.6 is 0 Å². The number of ether oxygens (including phenoxy) is 4. The van der Waals surface area contributed by atoms with Crippen LogP contribution in [0.15, 0.2) is 41.3 Å². The number of hydrogen-bond donors (Lipinski definition) is 1. The lowest BCUT2D eigenvalue weighted by Gasteiger charge is -2.29. The van der Waals surface area contributed by atoms with Crippen molar-refractivity contribution >= 4 is 15.9 Å². The topological polar surface area (TPSA) is 107 Å². The molecule has 2 atom stereocenters. The Morgan fingerprint density at radius 1 is 0.975 bits per heavy atom. The Hall–Kier alpha value is -3.02. The van der Waals surface area contributed by atoms with Gasteiger partial charge in [0, 0.05) is 19.1 Å². The highest BCUT2D eigenvalue weighted by Gasteiger charge is 2.37. The van der Waals surface area contributed by atoms with Crippen molar-refractivity contribution < 1.29 is 32.2 Å². The van der Waals surface area contributed by atoms with Gasteiger partial charge in [-0.05, 0) is 94.1 Å². The van der Waals surface area contributed by atoms with E-state index < -0.39 is 16.1 Å². The van der Waals surface area contributed by atoms with Crippen LogP contribution in [0.2, 0.25) is 0 Å². The minimum Gasteiger partial charge on any atom is -0.497 e. The van der Waals surface area contributed by atoms with Crippen molar-refractivity contribution in [3.05, 3.63) is 42.0 Å². The zero-order valence-corrected chi connectivity index (χ0v) is 24.7. The maximum atomic E-state index is 14.0. The molecule has 2 aliphatic heterocycles. The average molecular weight is 576 g/mol. The molecule has 40 heavy (non-hydrogen) atoms. The van der Waals surface area contributed by atoms with Gasteiger partial charge in [-0.25, -0.2) is 8.42 Å². The minimum atomic E-state index is -4.05. The summed E-state index contributed by atoms with van der Waals surface area (Å²) >= 11 is 0. The van der Waals surface area contributed by atoms with E-state index in [1.807, 2.05) is 0 Å². The summed E-state index contributed by atoms with van der Waals surface area (Å²) in [5, 5.41) is 2.87. The van der Waals surface area contributed by atoms with Crippen molar-refractivity contribution in [3.63, 3.8) is 0 Å². The van der Waals surface area contributed by atoms with Crippen molar-refractivity contribution in [2.24, 2.45) is 0 Å². The van der Waals surface area contributed by atoms with Crippen LogP contribution in [-0.4, -0.2) is 83.7 Å². The Kier molecular flexibility index (Phi) is 10.2. The summed E-state index contributed by atoms with van der Waals surface area (Å²) in [5.41, 5.74) is 0.616. The molecule has 2 aliphatic rings. The number of carbonyl (C=O) groups excluding carboxylic acids is 1. The van der Waals surface area contributed by atoms with Crippen LogP contribution in [0.4, 0.5) is 0 Å². The van der Waals surface area contributed by atoms with Gasteiger partial charge in [-0.2, -0.15) is 4.31 Å². The van der Waals surface area contributed by atoms with E-state index in [1.165, 1.54) is 30.0 Å². The first-order valence-corrected chi connectivity index (χ1v) is 15.2. The first-order valence-electron chi connectivity index (χ1n) is 13.8. The van der Waals surface area contributed by atoms with Gasteiger partial charge in [0.15, 0.2) is 11.5 Å². The molecule has 2 fully saturated rings. The molecular weight excluding hydrogens is 534 g/mol. The number of amides is 1. The second-order valence-corrected chi connectivity index (χ2v) is 12.2. The lowest BCUT2D eigenvalue weighted by molar-refractivity contribution is -0.124. The largest absolute Gasteiger partial charge is 0.497 e. The summed E-state index contributed by atoms with van der Waals surface area (Å²) < 4.78 is 51.9. The number of rotatable bonds is 12. The standard InChI is InChI=1S/C29H41N3O7S/c1-31-16-7-8-22(31)14-17-39-28-26(37-3)18-21(19-27(28)38-4)20-32(25-9-5-6-15-30-29(25)33)40(34,35)24-12-10-23(36-2)11-13-24/h10-13,18-19,22,25H,5-9,14-17,20H2,1-4H3,(H,30,33)/t22?,25-/m0/s1. The highest BCUT2D eigenvalue weighted by atomic mass is 32.2. The minimum absolute atomic E-state index is 0.0493. The van der Waals surface area contributed by atoms with Crippen LogP contribution in [0.5, 0.6) is 23.0 Å². The lowest BCUT2D eigenvalue weighted by Crippen LogP contribution is -2.48. The van der Waals surface area contributed by atoms with Crippen LogP contribution in [0, 0.1) is 0 Å². The van der Waals surface area contributed by atoms with Crippen molar-refractivity contribution in [1.29, 1.82) is 0 Å². The zero-order valence-electron chi connectivity index (χ0n) is 23.9. The molecule has 0 bridgehead atoms. The molecular formula is C29H41N3O7S. The predicted octanol–water partition coefficient (Wildman–Crippen LogP) is 3.44. The molecule has 2 aromatic carbocycles. The van der Waals surface area contributed by atoms with Crippen LogP contribution in [0.3, 0.4) is 0 Å². The number of sulfonamides is 1. The van der Waals surface area contributed by atoms with Gasteiger partial charge >= 0.3 is 0 Å². The summed E-state index contributed by atoms with van der Waals surface area (Å²) in [5.74, 6) is 1.61. The number of carbonyl (C=O) groups is 1. The first kappa shape index (κ1) is 30.0. The molecule has 0 radical (unpaired) electrons. The number of methoxy groups -OCH3 is 3. The third kappa shape index (κ3) is 6.82.